The second kappa shape index (κ2) is 7.75. The monoisotopic (exact) mass is 392 g/mol. The maximum absolute atomic E-state index is 12.5. The van der Waals surface area contributed by atoms with E-state index < -0.39 is 0 Å². The standard InChI is InChI=1S/C21H20N4O4/c1-13-22-20(24-29-13)12-28-18-6-3-15(4-7-18)21(27)23-17-5-8-19-16(11-17)9-10-25(19)14(2)26/h3-8,11H,9-10,12H2,1-2H3,(H,23,27). The molecule has 148 valence electrons. The van der Waals surface area contributed by atoms with Gasteiger partial charge >= 0.3 is 0 Å². The smallest absolute Gasteiger partial charge is 0.255 e. The summed E-state index contributed by atoms with van der Waals surface area (Å²) in [5, 5.41) is 6.66. The number of nitrogens with one attached hydrogen (secondary N) is 1. The molecule has 0 spiro atoms. The van der Waals surface area contributed by atoms with Crippen LogP contribution in [0.4, 0.5) is 11.4 Å². The normalized spacial score (nSPS) is 12.6. The molecule has 1 aliphatic heterocycles. The quantitative estimate of drug-likeness (QED) is 0.716. The molecule has 8 nitrogen and oxygen atoms in total. The summed E-state index contributed by atoms with van der Waals surface area (Å²) >= 11 is 0. The minimum Gasteiger partial charge on any atom is -0.485 e. The molecule has 2 amide bonds. The molecule has 2 aromatic carbocycles. The van der Waals surface area contributed by atoms with E-state index in [0.29, 0.717) is 35.3 Å². The lowest BCUT2D eigenvalue weighted by Gasteiger charge is -2.15. The van der Waals surface area contributed by atoms with Crippen LogP contribution in [-0.2, 0) is 17.8 Å². The molecule has 0 unspecified atom stereocenters. The van der Waals surface area contributed by atoms with Crippen LogP contribution in [-0.4, -0.2) is 28.5 Å². The lowest BCUT2D eigenvalue weighted by atomic mass is 10.1. The Morgan fingerprint density at radius 1 is 1.21 bits per heavy atom. The van der Waals surface area contributed by atoms with Crippen molar-refractivity contribution in [1.29, 1.82) is 0 Å². The zero-order valence-electron chi connectivity index (χ0n) is 16.1. The molecule has 4 rings (SSSR count). The Morgan fingerprint density at radius 2 is 2.00 bits per heavy atom. The molecule has 1 aliphatic rings. The summed E-state index contributed by atoms with van der Waals surface area (Å²) in [6.07, 6.45) is 0.782. The molecule has 8 heteroatoms. The van der Waals surface area contributed by atoms with Crippen LogP contribution in [0, 0.1) is 6.92 Å². The zero-order valence-corrected chi connectivity index (χ0v) is 16.1. The maximum Gasteiger partial charge on any atom is 0.255 e. The van der Waals surface area contributed by atoms with Crippen LogP contribution in [0.25, 0.3) is 0 Å². The first-order valence-electron chi connectivity index (χ1n) is 9.24. The van der Waals surface area contributed by atoms with E-state index in [-0.39, 0.29) is 18.4 Å². The van der Waals surface area contributed by atoms with Gasteiger partial charge < -0.3 is 19.5 Å². The van der Waals surface area contributed by atoms with Crippen molar-refractivity contribution in [3.8, 4) is 5.75 Å². The van der Waals surface area contributed by atoms with E-state index in [2.05, 4.69) is 15.5 Å². The molecule has 1 N–H and O–H groups in total. The van der Waals surface area contributed by atoms with Crippen molar-refractivity contribution in [3.63, 3.8) is 0 Å². The van der Waals surface area contributed by atoms with E-state index in [1.54, 1.807) is 43.0 Å². The molecule has 3 aromatic rings. The highest BCUT2D eigenvalue weighted by atomic mass is 16.5. The fourth-order valence-corrected chi connectivity index (χ4v) is 3.26. The molecule has 0 saturated carbocycles. The van der Waals surface area contributed by atoms with E-state index in [0.717, 1.165) is 17.7 Å². The summed E-state index contributed by atoms with van der Waals surface area (Å²) in [5.74, 6) is 1.36. The Labute approximate surface area is 167 Å². The molecule has 29 heavy (non-hydrogen) atoms. The van der Waals surface area contributed by atoms with Crippen LogP contribution in [0.3, 0.4) is 0 Å². The first kappa shape index (κ1) is 18.7. The van der Waals surface area contributed by atoms with Gasteiger partial charge in [0.05, 0.1) is 0 Å². The van der Waals surface area contributed by atoms with Gasteiger partial charge in [0, 0.05) is 37.3 Å². The highest BCUT2D eigenvalue weighted by Gasteiger charge is 2.22. The molecule has 1 aromatic heterocycles. The lowest BCUT2D eigenvalue weighted by Crippen LogP contribution is -2.25. The van der Waals surface area contributed by atoms with Crippen molar-refractivity contribution >= 4 is 23.2 Å². The van der Waals surface area contributed by atoms with Gasteiger partial charge in [-0.1, -0.05) is 5.16 Å². The second-order valence-corrected chi connectivity index (χ2v) is 6.76. The average molecular weight is 392 g/mol. The predicted molar refractivity (Wildman–Crippen MR) is 106 cm³/mol. The van der Waals surface area contributed by atoms with Crippen molar-refractivity contribution in [2.24, 2.45) is 0 Å². The number of aromatic nitrogens is 2. The fraction of sp³-hybridized carbons (Fsp3) is 0.238. The third-order valence-corrected chi connectivity index (χ3v) is 4.67. The Kier molecular flexibility index (Phi) is 4.99. The number of rotatable bonds is 5. The van der Waals surface area contributed by atoms with Crippen molar-refractivity contribution in [3.05, 3.63) is 65.3 Å². The van der Waals surface area contributed by atoms with Gasteiger partial charge in [-0.15, -0.1) is 0 Å². The molecule has 0 aliphatic carbocycles. The van der Waals surface area contributed by atoms with Gasteiger partial charge in [0.2, 0.25) is 17.6 Å². The number of anilines is 2. The predicted octanol–water partition coefficient (Wildman–Crippen LogP) is 3.12. The van der Waals surface area contributed by atoms with E-state index in [4.69, 9.17) is 9.26 Å². The summed E-state index contributed by atoms with van der Waals surface area (Å²) in [5.41, 5.74) is 3.18. The number of benzene rings is 2. The van der Waals surface area contributed by atoms with Crippen molar-refractivity contribution in [2.75, 3.05) is 16.8 Å². The van der Waals surface area contributed by atoms with Crippen LogP contribution < -0.4 is 15.0 Å². The minimum atomic E-state index is -0.216. The van der Waals surface area contributed by atoms with Crippen LogP contribution in [0.1, 0.15) is 34.6 Å². The number of carbonyl (C=O) groups excluding carboxylic acids is 2. The summed E-state index contributed by atoms with van der Waals surface area (Å²) in [7, 11) is 0. The number of nitrogens with zero attached hydrogens (tertiary/aromatic N) is 3. The highest BCUT2D eigenvalue weighted by Crippen LogP contribution is 2.30. The van der Waals surface area contributed by atoms with E-state index in [1.165, 1.54) is 0 Å². The number of ether oxygens (including phenoxy) is 1. The van der Waals surface area contributed by atoms with Crippen LogP contribution in [0.2, 0.25) is 0 Å². The number of carbonyl (C=O) groups is 2. The number of aryl methyl sites for hydroxylation is 1. The third-order valence-electron chi connectivity index (χ3n) is 4.67. The Balaban J connectivity index is 1.38. The van der Waals surface area contributed by atoms with Crippen LogP contribution in [0.15, 0.2) is 47.0 Å². The summed E-state index contributed by atoms with van der Waals surface area (Å²) < 4.78 is 10.5. The third kappa shape index (κ3) is 4.11. The number of amides is 2. The first-order valence-corrected chi connectivity index (χ1v) is 9.24. The molecular weight excluding hydrogens is 372 g/mol. The highest BCUT2D eigenvalue weighted by molar-refractivity contribution is 6.04. The van der Waals surface area contributed by atoms with Gasteiger partial charge in [-0.05, 0) is 54.4 Å². The molecule has 0 atom stereocenters. The van der Waals surface area contributed by atoms with Gasteiger partial charge in [0.25, 0.3) is 5.91 Å². The van der Waals surface area contributed by atoms with Crippen molar-refractivity contribution in [1.82, 2.24) is 10.1 Å². The van der Waals surface area contributed by atoms with Crippen LogP contribution >= 0.6 is 0 Å². The molecule has 0 fully saturated rings. The molecular formula is C21H20N4O4. The Morgan fingerprint density at radius 3 is 2.69 bits per heavy atom. The topological polar surface area (TPSA) is 97.6 Å². The number of fused-ring (bicyclic) bond motifs is 1. The van der Waals surface area contributed by atoms with E-state index in [9.17, 15) is 9.59 Å². The van der Waals surface area contributed by atoms with Gasteiger partial charge in [-0.2, -0.15) is 4.98 Å². The largest absolute Gasteiger partial charge is 0.485 e. The summed E-state index contributed by atoms with van der Waals surface area (Å²) in [6, 6.07) is 12.4. The summed E-state index contributed by atoms with van der Waals surface area (Å²) in [6.45, 7) is 4.13. The van der Waals surface area contributed by atoms with Crippen LogP contribution in [0.5, 0.6) is 5.75 Å². The fourth-order valence-electron chi connectivity index (χ4n) is 3.26. The summed E-state index contributed by atoms with van der Waals surface area (Å²) in [4.78, 5) is 30.0. The average Bonchev–Trinajstić information content (AvgIpc) is 3.32. The molecule has 0 radical (unpaired) electrons. The lowest BCUT2D eigenvalue weighted by molar-refractivity contribution is -0.116. The molecule has 0 bridgehead atoms. The minimum absolute atomic E-state index is 0.0253. The second-order valence-electron chi connectivity index (χ2n) is 6.76. The number of hydrogen-bond acceptors (Lipinski definition) is 6. The zero-order chi connectivity index (χ0) is 20.4. The Hall–Kier alpha value is -3.68. The maximum atomic E-state index is 12.5. The molecule has 2 heterocycles. The van der Waals surface area contributed by atoms with Crippen molar-refractivity contribution < 1.29 is 18.8 Å². The first-order chi connectivity index (χ1) is 14.0. The van der Waals surface area contributed by atoms with E-state index in [1.807, 2.05) is 18.2 Å². The van der Waals surface area contributed by atoms with E-state index >= 15 is 0 Å². The number of hydrogen-bond donors (Lipinski definition) is 1. The van der Waals surface area contributed by atoms with Gasteiger partial charge in [0.15, 0.2) is 6.61 Å². The Bertz CT molecular complexity index is 1060. The van der Waals surface area contributed by atoms with Gasteiger partial charge in [-0.3, -0.25) is 9.59 Å². The SMILES string of the molecule is CC(=O)N1CCc2cc(NC(=O)c3ccc(OCc4noc(C)n4)cc3)ccc21. The van der Waals surface area contributed by atoms with Gasteiger partial charge in [0.1, 0.15) is 5.75 Å². The van der Waals surface area contributed by atoms with Gasteiger partial charge in [-0.25, -0.2) is 0 Å². The van der Waals surface area contributed by atoms with Crippen molar-refractivity contribution in [2.45, 2.75) is 26.9 Å². The molecule has 0 saturated heterocycles.